The number of hydrogen-bond acceptors (Lipinski definition) is 14. The third kappa shape index (κ3) is 16.3. The maximum atomic E-state index is 12.2. The minimum absolute atomic E-state index is 0.0777. The molecular formula is C53H73N5O12. The minimum atomic E-state index is -0.580. The molecule has 0 saturated carbocycles. The summed E-state index contributed by atoms with van der Waals surface area (Å²) in [6.07, 6.45) is 5.29. The van der Waals surface area contributed by atoms with Gasteiger partial charge in [-0.3, -0.25) is 9.59 Å². The van der Waals surface area contributed by atoms with Crippen molar-refractivity contribution >= 4 is 57.9 Å². The van der Waals surface area contributed by atoms with Gasteiger partial charge in [-0.05, 0) is 142 Å². The van der Waals surface area contributed by atoms with Crippen molar-refractivity contribution in [3.63, 3.8) is 0 Å². The molecule has 0 radical (unpaired) electrons. The van der Waals surface area contributed by atoms with Gasteiger partial charge in [0.1, 0.15) is 46.1 Å². The summed E-state index contributed by atoms with van der Waals surface area (Å²) < 4.78 is 31.5. The lowest BCUT2D eigenvalue weighted by Gasteiger charge is -2.37. The lowest BCUT2D eigenvalue weighted by atomic mass is 9.89. The van der Waals surface area contributed by atoms with Crippen LogP contribution in [0.4, 0.5) is 25.8 Å². The van der Waals surface area contributed by atoms with Crippen LogP contribution in [0.5, 0.6) is 5.75 Å². The first kappa shape index (κ1) is 54.4. The summed E-state index contributed by atoms with van der Waals surface area (Å²) in [5.41, 5.74) is 6.94. The molecule has 1 fully saturated rings. The van der Waals surface area contributed by atoms with Crippen molar-refractivity contribution in [2.45, 2.75) is 131 Å². The Bertz CT molecular complexity index is 2500. The van der Waals surface area contributed by atoms with Crippen LogP contribution in [0.15, 0.2) is 58.0 Å². The van der Waals surface area contributed by atoms with Crippen LogP contribution < -0.4 is 30.8 Å². The quantitative estimate of drug-likeness (QED) is 0.0895. The van der Waals surface area contributed by atoms with Crippen molar-refractivity contribution in [2.24, 2.45) is 0 Å². The minimum Gasteiger partial charge on any atom is -0.469 e. The van der Waals surface area contributed by atoms with Crippen molar-refractivity contribution in [1.29, 1.82) is 0 Å². The SMILES string of the molecule is C=C1C=C(C)c2ccc(N3CCN(C(=O)OC(C)(C)C)CC3)cc2O1.CC(C)(C)OC(=O)NCCc1cc(=O)oc2c3c4c(cc12)CCCN4CCC3.COC(=O)CC(=O)CCNC(=O)OC(C)(C)C. The van der Waals surface area contributed by atoms with Gasteiger partial charge in [0, 0.05) is 98.8 Å². The molecule has 70 heavy (non-hydrogen) atoms. The molecule has 2 aromatic carbocycles. The van der Waals surface area contributed by atoms with Crippen molar-refractivity contribution in [1.82, 2.24) is 15.5 Å². The highest BCUT2D eigenvalue weighted by atomic mass is 16.6. The van der Waals surface area contributed by atoms with E-state index in [1.165, 1.54) is 23.9 Å². The summed E-state index contributed by atoms with van der Waals surface area (Å²) >= 11 is 0. The molecule has 4 aliphatic rings. The second-order valence-corrected chi connectivity index (χ2v) is 20.7. The lowest BCUT2D eigenvalue weighted by molar-refractivity contribution is -0.143. The zero-order valence-electron chi connectivity index (χ0n) is 43.0. The molecule has 1 saturated heterocycles. The van der Waals surface area contributed by atoms with Gasteiger partial charge in [-0.15, -0.1) is 0 Å². The Morgan fingerprint density at radius 3 is 1.99 bits per heavy atom. The first-order chi connectivity index (χ1) is 32.8. The van der Waals surface area contributed by atoms with Crippen LogP contribution >= 0.6 is 0 Å². The standard InChI is InChI=1S/C22H28N2O4.C20H26N2O3.C11H19NO5/c1-22(2,3)28-21(26)23-9-8-14-13-18(25)27-20-16-7-5-11-24-10-4-6-15(19(16)24)12-17(14)20;1-14-12-15(2)24-18-13-16(6-7-17(14)18)21-8-10-22(11-9-21)19(23)25-20(3,4)5;1-11(2,3)17-10(15)12-6-5-8(13)7-9(14)16-4/h12-13H,4-11H2,1-3H3,(H,23,26);6-7,12-13H,2,8-11H2,1,3-5H3;5-7H2,1-4H3,(H,12,15). The number of alkyl carbamates (subject to hydrolysis) is 2. The molecule has 5 heterocycles. The van der Waals surface area contributed by atoms with E-state index in [2.05, 4.69) is 62.9 Å². The van der Waals surface area contributed by atoms with Gasteiger partial charge in [-0.1, -0.05) is 6.58 Å². The topological polar surface area (TPSA) is 195 Å². The molecule has 17 heteroatoms. The fraction of sp³-hybridized carbons (Fsp3) is 0.547. The molecule has 382 valence electrons. The molecular weight excluding hydrogens is 899 g/mol. The number of nitrogens with one attached hydrogen (secondary N) is 2. The summed E-state index contributed by atoms with van der Waals surface area (Å²) in [6, 6.07) is 10.00. The number of carbonyl (C=O) groups excluding carboxylic acids is 5. The Hall–Kier alpha value is -6.52. The van der Waals surface area contributed by atoms with Crippen molar-refractivity contribution in [3.05, 3.63) is 81.4 Å². The molecule has 4 aliphatic heterocycles. The van der Waals surface area contributed by atoms with Crippen LogP contribution in [0, 0.1) is 0 Å². The first-order valence-electron chi connectivity index (χ1n) is 24.1. The number of allylic oxidation sites excluding steroid dienone is 2. The van der Waals surface area contributed by atoms with E-state index in [1.54, 1.807) is 31.7 Å². The number of anilines is 2. The number of nitrogens with zero attached hydrogens (tertiary/aromatic N) is 3. The Kier molecular flexibility index (Phi) is 18.2. The van der Waals surface area contributed by atoms with Crippen LogP contribution in [0.2, 0.25) is 0 Å². The highest BCUT2D eigenvalue weighted by Gasteiger charge is 2.29. The van der Waals surface area contributed by atoms with Gasteiger partial charge in [-0.2, -0.15) is 0 Å². The van der Waals surface area contributed by atoms with Gasteiger partial charge in [0.2, 0.25) is 0 Å². The molecule has 3 aromatic rings. The first-order valence-corrected chi connectivity index (χ1v) is 24.1. The maximum Gasteiger partial charge on any atom is 0.410 e. The van der Waals surface area contributed by atoms with Crippen LogP contribution in [0.1, 0.15) is 117 Å². The van der Waals surface area contributed by atoms with Crippen molar-refractivity contribution < 1.29 is 52.1 Å². The predicted molar refractivity (Wildman–Crippen MR) is 270 cm³/mol. The summed E-state index contributed by atoms with van der Waals surface area (Å²) in [6.45, 7) is 27.9. The van der Waals surface area contributed by atoms with Crippen LogP contribution in [-0.2, 0) is 47.8 Å². The average molecular weight is 972 g/mol. The van der Waals surface area contributed by atoms with E-state index >= 15 is 0 Å². The molecule has 17 nitrogen and oxygen atoms in total. The normalized spacial score (nSPS) is 15.3. The summed E-state index contributed by atoms with van der Waals surface area (Å²) in [5.74, 6) is 0.647. The summed E-state index contributed by atoms with van der Waals surface area (Å²) in [4.78, 5) is 75.9. The van der Waals surface area contributed by atoms with E-state index in [0.29, 0.717) is 31.8 Å². The monoisotopic (exact) mass is 972 g/mol. The van der Waals surface area contributed by atoms with E-state index < -0.39 is 35.0 Å². The van der Waals surface area contributed by atoms with Crippen molar-refractivity contribution in [2.75, 3.05) is 69.3 Å². The van der Waals surface area contributed by atoms with E-state index in [-0.39, 0.29) is 36.9 Å². The van der Waals surface area contributed by atoms with Crippen LogP contribution in [0.3, 0.4) is 0 Å². The Morgan fingerprint density at radius 1 is 0.757 bits per heavy atom. The number of esters is 1. The molecule has 2 N–H and O–H groups in total. The number of amides is 3. The van der Waals surface area contributed by atoms with E-state index in [4.69, 9.17) is 23.4 Å². The second-order valence-electron chi connectivity index (χ2n) is 20.7. The third-order valence-electron chi connectivity index (χ3n) is 11.3. The number of fused-ring (bicyclic) bond motifs is 3. The zero-order chi connectivity index (χ0) is 51.6. The number of aryl methyl sites for hydroxylation is 2. The fourth-order valence-corrected chi connectivity index (χ4v) is 8.38. The number of methoxy groups -OCH3 is 1. The average Bonchev–Trinajstić information content (AvgIpc) is 3.25. The smallest absolute Gasteiger partial charge is 0.410 e. The van der Waals surface area contributed by atoms with Crippen LogP contribution in [-0.4, -0.2) is 111 Å². The molecule has 0 spiro atoms. The molecule has 1 aromatic heterocycles. The van der Waals surface area contributed by atoms with E-state index in [1.807, 2.05) is 47.6 Å². The largest absolute Gasteiger partial charge is 0.469 e. The van der Waals surface area contributed by atoms with Gasteiger partial charge in [0.05, 0.1) is 7.11 Å². The van der Waals surface area contributed by atoms with Gasteiger partial charge in [0.25, 0.3) is 0 Å². The number of piperazine rings is 1. The fourth-order valence-electron chi connectivity index (χ4n) is 8.38. The molecule has 0 atom stereocenters. The van der Waals surface area contributed by atoms with Crippen LogP contribution in [0.25, 0.3) is 16.5 Å². The Labute approximate surface area is 411 Å². The third-order valence-corrected chi connectivity index (χ3v) is 11.3. The lowest BCUT2D eigenvalue weighted by Crippen LogP contribution is -2.50. The number of ether oxygens (including phenoxy) is 5. The van der Waals surface area contributed by atoms with Gasteiger partial charge in [-0.25, -0.2) is 19.2 Å². The van der Waals surface area contributed by atoms with Gasteiger partial charge < -0.3 is 53.4 Å². The predicted octanol–water partition coefficient (Wildman–Crippen LogP) is 8.65. The second kappa shape index (κ2) is 23.4. The Balaban J connectivity index is 0.000000202. The summed E-state index contributed by atoms with van der Waals surface area (Å²) in [7, 11) is 1.22. The van der Waals surface area contributed by atoms with E-state index in [9.17, 15) is 28.8 Å². The molecule has 3 amide bonds. The van der Waals surface area contributed by atoms with E-state index in [0.717, 1.165) is 91.0 Å². The number of ketones is 1. The van der Waals surface area contributed by atoms with Gasteiger partial charge in [0.15, 0.2) is 0 Å². The number of benzene rings is 2. The number of hydrogen-bond donors (Lipinski definition) is 2. The number of rotatable bonds is 9. The molecule has 7 rings (SSSR count). The highest BCUT2D eigenvalue weighted by molar-refractivity contribution is 5.95. The van der Waals surface area contributed by atoms with Crippen molar-refractivity contribution in [3.8, 4) is 5.75 Å². The highest BCUT2D eigenvalue weighted by Crippen LogP contribution is 2.40. The number of carbonyl (C=O) groups is 5. The molecule has 0 unspecified atom stereocenters. The number of Topliss-reactive ketones (excluding diaryl/α,β-unsaturated/α-hetero) is 1. The molecule has 0 bridgehead atoms. The zero-order valence-corrected chi connectivity index (χ0v) is 43.0. The van der Waals surface area contributed by atoms with Gasteiger partial charge >= 0.3 is 29.9 Å². The Morgan fingerprint density at radius 2 is 1.37 bits per heavy atom. The maximum absolute atomic E-state index is 12.2. The summed E-state index contributed by atoms with van der Waals surface area (Å²) in [5, 5.41) is 6.21. The molecule has 0 aliphatic carbocycles.